The van der Waals surface area contributed by atoms with Crippen LogP contribution in [0.4, 0.5) is 5.82 Å². The molecule has 66 valence electrons. The molecule has 2 heterocycles. The summed E-state index contributed by atoms with van der Waals surface area (Å²) in [6, 6.07) is 0. The van der Waals surface area contributed by atoms with Crippen molar-refractivity contribution in [2.24, 2.45) is 0 Å². The third kappa shape index (κ3) is 1.10. The van der Waals surface area contributed by atoms with Crippen LogP contribution in [0.25, 0.3) is 0 Å². The number of hydrogen-bond acceptors (Lipinski definition) is 3. The van der Waals surface area contributed by atoms with Gasteiger partial charge in [0, 0.05) is 23.6 Å². The van der Waals surface area contributed by atoms with E-state index in [9.17, 15) is 0 Å². The molecule has 0 unspecified atom stereocenters. The molecule has 1 aliphatic rings. The van der Waals surface area contributed by atoms with Crippen LogP contribution >= 0.6 is 11.8 Å². The van der Waals surface area contributed by atoms with Gasteiger partial charge in [-0.25, -0.2) is 0 Å². The van der Waals surface area contributed by atoms with Crippen molar-refractivity contribution in [2.75, 3.05) is 11.5 Å². The Bertz CT molecular complexity index is 293. The highest BCUT2D eigenvalue weighted by atomic mass is 32.2. The van der Waals surface area contributed by atoms with Crippen LogP contribution in [-0.2, 0) is 18.7 Å². The van der Waals surface area contributed by atoms with Crippen molar-refractivity contribution < 1.29 is 0 Å². The first-order chi connectivity index (χ1) is 5.83. The molecule has 0 aromatic carbocycles. The predicted octanol–water partition coefficient (Wildman–Crippen LogP) is 1.27. The maximum atomic E-state index is 5.79. The number of rotatable bonds is 1. The monoisotopic (exact) mass is 183 g/mol. The number of hydrogen-bond donors (Lipinski definition) is 1. The van der Waals surface area contributed by atoms with Gasteiger partial charge in [0.1, 0.15) is 5.82 Å². The van der Waals surface area contributed by atoms with Crippen molar-refractivity contribution in [3.05, 3.63) is 11.3 Å². The molecule has 2 rings (SSSR count). The van der Waals surface area contributed by atoms with E-state index in [1.165, 1.54) is 17.0 Å². The average Bonchev–Trinajstić information content (AvgIpc) is 2.44. The second-order valence-corrected chi connectivity index (χ2v) is 4.03. The van der Waals surface area contributed by atoms with Crippen LogP contribution in [0.3, 0.4) is 0 Å². The molecule has 0 radical (unpaired) electrons. The van der Waals surface area contributed by atoms with Crippen molar-refractivity contribution in [1.29, 1.82) is 0 Å². The van der Waals surface area contributed by atoms with Gasteiger partial charge < -0.3 is 5.73 Å². The molecule has 0 saturated carbocycles. The SMILES string of the molecule is CCn1nc(N)c2c1CCSC2. The molecule has 3 nitrogen and oxygen atoms in total. The Morgan fingerprint density at radius 2 is 2.50 bits per heavy atom. The number of thioether (sulfide) groups is 1. The van der Waals surface area contributed by atoms with Crippen molar-refractivity contribution in [2.45, 2.75) is 25.6 Å². The number of nitrogens with two attached hydrogens (primary N) is 1. The number of nitrogen functional groups attached to an aromatic ring is 1. The van der Waals surface area contributed by atoms with Crippen LogP contribution in [0, 0.1) is 0 Å². The lowest BCUT2D eigenvalue weighted by Gasteiger charge is -2.12. The first kappa shape index (κ1) is 7.98. The molecule has 1 aromatic rings. The molecule has 2 N–H and O–H groups in total. The number of nitrogens with zero attached hydrogens (tertiary/aromatic N) is 2. The molecule has 0 fully saturated rings. The fourth-order valence-electron chi connectivity index (χ4n) is 1.60. The normalized spacial score (nSPS) is 16.1. The van der Waals surface area contributed by atoms with Gasteiger partial charge in [-0.3, -0.25) is 4.68 Å². The Kier molecular flexibility index (Phi) is 2.00. The summed E-state index contributed by atoms with van der Waals surface area (Å²) in [6.07, 6.45) is 1.12. The van der Waals surface area contributed by atoms with Gasteiger partial charge in [0.25, 0.3) is 0 Å². The molecule has 0 atom stereocenters. The molecule has 1 aliphatic heterocycles. The van der Waals surface area contributed by atoms with Crippen LogP contribution in [0.5, 0.6) is 0 Å². The van der Waals surface area contributed by atoms with Crippen LogP contribution in [0.15, 0.2) is 0 Å². The molecule has 4 heteroatoms. The number of fused-ring (bicyclic) bond motifs is 1. The lowest BCUT2D eigenvalue weighted by Crippen LogP contribution is -2.08. The Balaban J connectivity index is 2.47. The molecule has 0 aliphatic carbocycles. The highest BCUT2D eigenvalue weighted by Crippen LogP contribution is 2.28. The minimum Gasteiger partial charge on any atom is -0.382 e. The van der Waals surface area contributed by atoms with Gasteiger partial charge >= 0.3 is 0 Å². The quantitative estimate of drug-likeness (QED) is 0.713. The summed E-state index contributed by atoms with van der Waals surface area (Å²) in [5, 5.41) is 4.29. The largest absolute Gasteiger partial charge is 0.382 e. The summed E-state index contributed by atoms with van der Waals surface area (Å²) in [5.41, 5.74) is 8.42. The number of anilines is 1. The van der Waals surface area contributed by atoms with Gasteiger partial charge in [0.05, 0.1) is 0 Å². The second kappa shape index (κ2) is 3.01. The lowest BCUT2D eigenvalue weighted by molar-refractivity contribution is 0.627. The third-order valence-corrected chi connectivity index (χ3v) is 3.21. The summed E-state index contributed by atoms with van der Waals surface area (Å²) in [7, 11) is 0. The van der Waals surface area contributed by atoms with Gasteiger partial charge in [-0.15, -0.1) is 0 Å². The van der Waals surface area contributed by atoms with Gasteiger partial charge in [-0.2, -0.15) is 16.9 Å². The van der Waals surface area contributed by atoms with Gasteiger partial charge in [-0.05, 0) is 19.1 Å². The fourth-order valence-corrected chi connectivity index (χ4v) is 2.60. The maximum absolute atomic E-state index is 5.79. The highest BCUT2D eigenvalue weighted by molar-refractivity contribution is 7.98. The molecule has 0 bridgehead atoms. The molecular weight excluding hydrogens is 170 g/mol. The zero-order valence-electron chi connectivity index (χ0n) is 7.21. The zero-order chi connectivity index (χ0) is 8.55. The van der Waals surface area contributed by atoms with E-state index in [-0.39, 0.29) is 0 Å². The van der Waals surface area contributed by atoms with E-state index in [1.54, 1.807) is 0 Å². The third-order valence-electron chi connectivity index (χ3n) is 2.23. The van der Waals surface area contributed by atoms with Gasteiger partial charge in [0.2, 0.25) is 0 Å². The molecule has 1 aromatic heterocycles. The minimum absolute atomic E-state index is 0.735. The Hall–Kier alpha value is -0.640. The Morgan fingerprint density at radius 1 is 1.67 bits per heavy atom. The summed E-state index contributed by atoms with van der Waals surface area (Å²) in [5.74, 6) is 2.98. The molecular formula is C8H13N3S. The van der Waals surface area contributed by atoms with Crippen LogP contribution < -0.4 is 5.73 Å². The standard InChI is InChI=1S/C8H13N3S/c1-2-11-7-3-4-12-5-6(7)8(9)10-11/h2-5H2,1H3,(H2,9,10). The zero-order valence-corrected chi connectivity index (χ0v) is 8.02. The summed E-state index contributed by atoms with van der Waals surface area (Å²) < 4.78 is 2.03. The predicted molar refractivity (Wildman–Crippen MR) is 52.2 cm³/mol. The fraction of sp³-hybridized carbons (Fsp3) is 0.625. The number of aromatic nitrogens is 2. The molecule has 0 amide bonds. The van der Waals surface area contributed by atoms with Crippen molar-refractivity contribution in [3.8, 4) is 0 Å². The van der Waals surface area contributed by atoms with E-state index >= 15 is 0 Å². The van der Waals surface area contributed by atoms with E-state index in [2.05, 4.69) is 12.0 Å². The summed E-state index contributed by atoms with van der Waals surface area (Å²) in [4.78, 5) is 0. The maximum Gasteiger partial charge on any atom is 0.149 e. The first-order valence-corrected chi connectivity index (χ1v) is 5.40. The van der Waals surface area contributed by atoms with E-state index in [0.29, 0.717) is 0 Å². The lowest BCUT2D eigenvalue weighted by atomic mass is 10.2. The number of aryl methyl sites for hydroxylation is 1. The molecule has 0 spiro atoms. The van der Waals surface area contributed by atoms with E-state index in [1.807, 2.05) is 16.4 Å². The summed E-state index contributed by atoms with van der Waals surface area (Å²) >= 11 is 1.94. The van der Waals surface area contributed by atoms with E-state index < -0.39 is 0 Å². The molecule has 12 heavy (non-hydrogen) atoms. The Morgan fingerprint density at radius 3 is 3.25 bits per heavy atom. The minimum atomic E-state index is 0.735. The first-order valence-electron chi connectivity index (χ1n) is 4.24. The highest BCUT2D eigenvalue weighted by Gasteiger charge is 2.18. The average molecular weight is 183 g/mol. The Labute approximate surface area is 76.3 Å². The van der Waals surface area contributed by atoms with E-state index in [0.717, 1.165) is 24.5 Å². The van der Waals surface area contributed by atoms with E-state index in [4.69, 9.17) is 5.73 Å². The summed E-state index contributed by atoms with van der Waals surface area (Å²) in [6.45, 7) is 3.04. The van der Waals surface area contributed by atoms with Crippen molar-refractivity contribution >= 4 is 17.6 Å². The second-order valence-electron chi connectivity index (χ2n) is 2.93. The topological polar surface area (TPSA) is 43.8 Å². The van der Waals surface area contributed by atoms with Crippen molar-refractivity contribution in [1.82, 2.24) is 9.78 Å². The van der Waals surface area contributed by atoms with Crippen LogP contribution in [0.1, 0.15) is 18.2 Å². The van der Waals surface area contributed by atoms with Gasteiger partial charge in [0.15, 0.2) is 0 Å². The van der Waals surface area contributed by atoms with Gasteiger partial charge in [-0.1, -0.05) is 0 Å². The smallest absolute Gasteiger partial charge is 0.149 e. The molecule has 0 saturated heterocycles. The van der Waals surface area contributed by atoms with Crippen molar-refractivity contribution in [3.63, 3.8) is 0 Å². The van der Waals surface area contributed by atoms with Crippen LogP contribution in [0.2, 0.25) is 0 Å². The van der Waals surface area contributed by atoms with Crippen LogP contribution in [-0.4, -0.2) is 15.5 Å².